The molecule has 9 aromatic rings. The summed E-state index contributed by atoms with van der Waals surface area (Å²) in [6, 6.07) is 16.1. The third-order valence-corrected chi connectivity index (χ3v) is 10.1. The third kappa shape index (κ3) is 7.03. The second kappa shape index (κ2) is 15.9. The van der Waals surface area contributed by atoms with Crippen LogP contribution in [0.3, 0.4) is 0 Å². The van der Waals surface area contributed by atoms with Crippen LogP contribution in [-0.2, 0) is 0 Å². The second-order valence-corrected chi connectivity index (χ2v) is 14.0. The molecule has 7 nitrogen and oxygen atoms in total. The lowest BCUT2D eigenvalue weighted by molar-refractivity contribution is 0.738. The van der Waals surface area contributed by atoms with Gasteiger partial charge in [-0.3, -0.25) is 0 Å². The molecule has 0 saturated heterocycles. The molecule has 4 atom stereocenters. The molecule has 62 heavy (non-hydrogen) atoms. The van der Waals surface area contributed by atoms with Gasteiger partial charge in [-0.15, -0.1) is 0 Å². The average molecular weight is 820 g/mol. The third-order valence-electron chi connectivity index (χ3n) is 10.1. The number of benzene rings is 6. The number of nitrogens with zero attached hydrogens (tertiary/aromatic N) is 7. The van der Waals surface area contributed by atoms with Crippen LogP contribution in [0.25, 0.3) is 95.3 Å². The molecule has 0 N–H and O–H groups in total. The largest absolute Gasteiger partial charge is 0.308 e. The molecule has 0 aliphatic heterocycles. The van der Waals surface area contributed by atoms with Crippen molar-refractivity contribution in [2.75, 3.05) is 0 Å². The van der Waals surface area contributed by atoms with E-state index in [-0.39, 0.29) is 28.5 Å². The lowest BCUT2D eigenvalue weighted by Crippen LogP contribution is -2.07. The van der Waals surface area contributed by atoms with E-state index in [1.165, 1.54) is 13.0 Å². The molecule has 7 heteroatoms. The fraction of sp³-hybridized carbons (Fsp3) is 0.0909. The van der Waals surface area contributed by atoms with Crippen molar-refractivity contribution < 1.29 is 27.4 Å². The summed E-state index contributed by atoms with van der Waals surface area (Å²) in [5.41, 5.74) is 1.36. The van der Waals surface area contributed by atoms with Crippen LogP contribution in [0.15, 0.2) is 188 Å². The highest BCUT2D eigenvalue weighted by Crippen LogP contribution is 2.40. The summed E-state index contributed by atoms with van der Waals surface area (Å²) < 4.78 is 177. The van der Waals surface area contributed by atoms with Gasteiger partial charge in [0.15, 0.2) is 34.9 Å². The van der Waals surface area contributed by atoms with Crippen LogP contribution in [0.4, 0.5) is 0 Å². The summed E-state index contributed by atoms with van der Waals surface area (Å²) in [6.07, 6.45) is -5.12. The van der Waals surface area contributed by atoms with Gasteiger partial charge in [0.2, 0.25) is 0 Å². The van der Waals surface area contributed by atoms with Gasteiger partial charge in [-0.2, -0.15) is 0 Å². The Kier molecular flexibility index (Phi) is 5.54. The van der Waals surface area contributed by atoms with Crippen molar-refractivity contribution in [3.63, 3.8) is 0 Å². The molecule has 0 saturated carbocycles. The number of hydrogen-bond donors (Lipinski definition) is 0. The highest BCUT2D eigenvalue weighted by molar-refractivity contribution is 6.10. The molecule has 3 aromatic heterocycles. The first-order valence-electron chi connectivity index (χ1n) is 29.5. The van der Waals surface area contributed by atoms with Gasteiger partial charge < -0.3 is 4.57 Å². The summed E-state index contributed by atoms with van der Waals surface area (Å²) in [7, 11) is 0. The number of para-hydroxylation sites is 1. The molecule has 0 radical (unpaired) electrons. The van der Waals surface area contributed by atoms with Crippen LogP contribution in [0.5, 0.6) is 0 Å². The first kappa shape index (κ1) is 21.6. The predicted molar refractivity (Wildman–Crippen MR) is 252 cm³/mol. The van der Waals surface area contributed by atoms with Gasteiger partial charge in [0.1, 0.15) is 0 Å². The molecule has 4 unspecified atom stereocenters. The molecule has 3 heterocycles. The molecule has 11 rings (SSSR count). The first-order valence-corrected chi connectivity index (χ1v) is 19.3. The number of hydrogen-bond acceptors (Lipinski definition) is 6. The maximum absolute atomic E-state index is 9.27. The van der Waals surface area contributed by atoms with Crippen LogP contribution in [-0.4, -0.2) is 34.5 Å². The topological polar surface area (TPSA) is 82.3 Å². The zero-order valence-electron chi connectivity index (χ0n) is 52.5. The van der Waals surface area contributed by atoms with E-state index in [9.17, 15) is 1.37 Å². The first-order chi connectivity index (χ1) is 38.8. The van der Waals surface area contributed by atoms with E-state index in [1.807, 2.05) is 77.4 Å². The van der Waals surface area contributed by atoms with E-state index in [2.05, 4.69) is 19.9 Å². The van der Waals surface area contributed by atoms with Crippen LogP contribution in [0, 0.1) is 5.89 Å². The number of rotatable bonds is 8. The Labute approximate surface area is 388 Å². The molecule has 6 aromatic carbocycles. The summed E-state index contributed by atoms with van der Waals surface area (Å²) in [5, 5.41) is 1.57. The monoisotopic (exact) mass is 819 g/mol. The molecule has 296 valence electrons. The summed E-state index contributed by atoms with van der Waals surface area (Å²) in [5.74, 6) is -4.98. The Morgan fingerprint density at radius 2 is 1.23 bits per heavy atom. The minimum Gasteiger partial charge on any atom is -0.308 e. The molecular formula is C55H41N7. The zero-order chi connectivity index (χ0) is 58.9. The van der Waals surface area contributed by atoms with Crippen molar-refractivity contribution >= 4 is 33.0 Å². The van der Waals surface area contributed by atoms with Crippen molar-refractivity contribution in [2.45, 2.75) is 26.1 Å². The Morgan fingerprint density at radius 3 is 2.02 bits per heavy atom. The molecule has 0 amide bonds. The summed E-state index contributed by atoms with van der Waals surface area (Å²) >= 11 is 0. The zero-order valence-corrected chi connectivity index (χ0v) is 32.5. The SMILES string of the molecule is [2H]C1=C([2H])C([2H])C([2H])C(c2nc(-c3ccc(-n4c5ccccc5c5ccc(-c6ccccc6)cc54)c(-c4nc(C5=C([2H])C([2H])(C)C([2H])C([2H])=C5[2H])nc(-c5c([2H])c([2H])c([2H])c([2H])c5[2H])n4)c3)nc(-c3c([2H])c([2H])c([2H])c([2H])c3[2H])n2)=C1[2H]. The maximum atomic E-state index is 9.27. The van der Waals surface area contributed by atoms with Crippen LogP contribution in [0.2, 0.25) is 0 Å². The van der Waals surface area contributed by atoms with Gasteiger partial charge in [-0.1, -0.05) is 164 Å². The van der Waals surface area contributed by atoms with Gasteiger partial charge in [0.25, 0.3) is 0 Å². The Bertz CT molecular complexity index is 4340. The molecule has 0 spiro atoms. The molecule has 2 aliphatic carbocycles. The molecule has 0 fully saturated rings. The van der Waals surface area contributed by atoms with Crippen molar-refractivity contribution in [3.05, 3.63) is 199 Å². The Balaban J connectivity index is 1.30. The van der Waals surface area contributed by atoms with Crippen molar-refractivity contribution in [1.29, 1.82) is 0 Å². The fourth-order valence-corrected chi connectivity index (χ4v) is 7.31. The van der Waals surface area contributed by atoms with Gasteiger partial charge >= 0.3 is 0 Å². The van der Waals surface area contributed by atoms with Crippen molar-refractivity contribution in [3.8, 4) is 62.4 Å². The maximum Gasteiger partial charge on any atom is 0.166 e. The fourth-order valence-electron chi connectivity index (χ4n) is 7.31. The lowest BCUT2D eigenvalue weighted by atomic mass is 9.97. The number of fused-ring (bicyclic) bond motifs is 3. The average Bonchev–Trinajstić information content (AvgIpc) is 3.45. The van der Waals surface area contributed by atoms with E-state index in [4.69, 9.17) is 36.0 Å². The van der Waals surface area contributed by atoms with Crippen molar-refractivity contribution in [1.82, 2.24) is 34.5 Å². The van der Waals surface area contributed by atoms with Crippen LogP contribution in [0.1, 0.15) is 65.2 Å². The van der Waals surface area contributed by atoms with Gasteiger partial charge in [0.05, 0.1) is 38.7 Å². The molecule has 0 bridgehead atoms. The summed E-state index contributed by atoms with van der Waals surface area (Å²) in [6.45, 7) is 1.22. The number of allylic oxidation sites excluding steroid dienone is 8. The van der Waals surface area contributed by atoms with Crippen molar-refractivity contribution in [2.24, 2.45) is 5.89 Å². The van der Waals surface area contributed by atoms with E-state index in [0.717, 1.165) is 21.9 Å². The number of aromatic nitrogens is 7. The van der Waals surface area contributed by atoms with E-state index < -0.39 is 167 Å². The minimum absolute atomic E-state index is 0.0169. The molecular weight excluding hydrogens is 759 g/mol. The smallest absolute Gasteiger partial charge is 0.166 e. The van der Waals surface area contributed by atoms with Gasteiger partial charge in [0, 0.05) is 44.1 Å². The van der Waals surface area contributed by atoms with Crippen LogP contribution >= 0.6 is 0 Å². The van der Waals surface area contributed by atoms with E-state index >= 15 is 0 Å². The quantitative estimate of drug-likeness (QED) is 0.152. The minimum atomic E-state index is -2.15. The van der Waals surface area contributed by atoms with E-state index in [0.29, 0.717) is 11.0 Å². The lowest BCUT2D eigenvalue weighted by Gasteiger charge is -2.17. The Hall–Kier alpha value is -7.90. The summed E-state index contributed by atoms with van der Waals surface area (Å²) in [4.78, 5) is 28.0. The highest BCUT2D eigenvalue weighted by atomic mass is 15.1. The molecule has 2 aliphatic rings. The van der Waals surface area contributed by atoms with Crippen LogP contribution < -0.4 is 0 Å². The predicted octanol–water partition coefficient (Wildman–Crippen LogP) is 13.2. The van der Waals surface area contributed by atoms with E-state index in [1.54, 1.807) is 12.1 Å². The second-order valence-electron chi connectivity index (χ2n) is 14.0. The van der Waals surface area contributed by atoms with Gasteiger partial charge in [-0.05, 0) is 72.1 Å². The highest BCUT2D eigenvalue weighted by Gasteiger charge is 2.23. The Morgan fingerprint density at radius 1 is 0.581 bits per heavy atom. The standard InChI is InChI=1S/C55H41N7/c1-36-17-16-26-42(33-36)53-59-52(40-24-12-5-13-25-40)60-55(61-53)46-34-43(54-57-50(38-20-8-3-9-21-38)56-51(58-54)39-22-10-4-11-23-39)30-32-48(46)62-47-28-15-14-27-44(47)45-31-29-41(35-49(45)62)37-18-6-2-7-19-37/h2-10,12-16,18-22,24-36H,11,17,23H2,1H3/i3D,4D,5D,8D,9D,10D,11D,12D,13D,16D,17D,20D,21D,22D,23D,24D,25D,26D,33D,36D. The van der Waals surface area contributed by atoms with Gasteiger partial charge in [-0.25, -0.2) is 29.9 Å². The normalized spacial score (nSPS) is 25.1.